The highest BCUT2D eigenvalue weighted by atomic mass is 19.1. The van der Waals surface area contributed by atoms with Crippen molar-refractivity contribution < 1.29 is 19.0 Å². The zero-order chi connectivity index (χ0) is 31.6. The summed E-state index contributed by atoms with van der Waals surface area (Å²) in [4.78, 5) is 29.9. The minimum absolute atomic E-state index is 0.158. The summed E-state index contributed by atoms with van der Waals surface area (Å²) in [6.07, 6.45) is 6.52. The predicted octanol–water partition coefficient (Wildman–Crippen LogP) is 5.27. The Morgan fingerprint density at radius 2 is 1.84 bits per heavy atom. The van der Waals surface area contributed by atoms with Gasteiger partial charge in [-0.2, -0.15) is 4.98 Å². The third-order valence-electron chi connectivity index (χ3n) is 7.90. The number of likely N-dealkylation sites (N-methyl/N-ethyl adjacent to an activating group) is 1. The largest absolute Gasteiger partial charge is 0.494 e. The molecule has 0 spiro atoms. The van der Waals surface area contributed by atoms with Gasteiger partial charge >= 0.3 is 0 Å². The van der Waals surface area contributed by atoms with Crippen LogP contribution in [0.3, 0.4) is 0 Å². The molecule has 0 bridgehead atoms. The van der Waals surface area contributed by atoms with Gasteiger partial charge < -0.3 is 35.6 Å². The molecule has 44 heavy (non-hydrogen) atoms. The number of methoxy groups -OCH3 is 1. The van der Waals surface area contributed by atoms with Gasteiger partial charge in [-0.25, -0.2) is 14.4 Å². The van der Waals surface area contributed by atoms with Crippen LogP contribution >= 0.6 is 0 Å². The Kier molecular flexibility index (Phi) is 9.02. The summed E-state index contributed by atoms with van der Waals surface area (Å²) < 4.78 is 20.8. The van der Waals surface area contributed by atoms with Crippen LogP contribution in [0, 0.1) is 5.82 Å². The fourth-order valence-electron chi connectivity index (χ4n) is 5.69. The van der Waals surface area contributed by atoms with Gasteiger partial charge in [-0.1, -0.05) is 6.58 Å². The molecule has 3 aromatic rings. The third-order valence-corrected chi connectivity index (χ3v) is 7.90. The number of carbonyl (C=O) groups is 1. The first-order valence-electron chi connectivity index (χ1n) is 14.8. The van der Waals surface area contributed by atoms with Crippen LogP contribution in [0.2, 0.25) is 0 Å². The van der Waals surface area contributed by atoms with E-state index in [4.69, 9.17) is 4.74 Å². The molecule has 1 saturated carbocycles. The molecule has 234 valence electrons. The number of aliphatic hydroxyl groups is 1. The molecular weight excluding hydrogens is 563 g/mol. The number of hydrogen-bond acceptors (Lipinski definition) is 10. The van der Waals surface area contributed by atoms with Crippen molar-refractivity contribution in [3.8, 4) is 5.75 Å². The Morgan fingerprint density at radius 1 is 1.14 bits per heavy atom. The highest BCUT2D eigenvalue weighted by Gasteiger charge is 2.31. The van der Waals surface area contributed by atoms with Crippen molar-refractivity contribution >= 4 is 40.6 Å². The number of halogens is 1. The van der Waals surface area contributed by atoms with Crippen LogP contribution in [0.25, 0.3) is 0 Å². The van der Waals surface area contributed by atoms with Gasteiger partial charge in [-0.3, -0.25) is 4.79 Å². The maximum atomic E-state index is 15.0. The van der Waals surface area contributed by atoms with Gasteiger partial charge in [0, 0.05) is 36.4 Å². The zero-order valence-electron chi connectivity index (χ0n) is 25.9. The summed E-state index contributed by atoms with van der Waals surface area (Å²) in [5, 5.41) is 20.0. The van der Waals surface area contributed by atoms with Crippen molar-refractivity contribution in [2.75, 3.05) is 55.1 Å². The van der Waals surface area contributed by atoms with Gasteiger partial charge in [-0.05, 0) is 89.4 Å². The maximum Gasteiger partial charge on any atom is 0.247 e. The Bertz CT molecular complexity index is 1540. The monoisotopic (exact) mass is 604 g/mol. The fourth-order valence-corrected chi connectivity index (χ4v) is 5.69. The van der Waals surface area contributed by atoms with Crippen LogP contribution in [0.15, 0.2) is 43.2 Å². The molecule has 5 rings (SSSR count). The van der Waals surface area contributed by atoms with Crippen molar-refractivity contribution in [2.24, 2.45) is 0 Å². The van der Waals surface area contributed by atoms with E-state index in [0.717, 1.165) is 44.5 Å². The van der Waals surface area contributed by atoms with Gasteiger partial charge in [0.05, 0.1) is 29.8 Å². The first kappa shape index (κ1) is 31.1. The molecule has 0 unspecified atom stereocenters. The summed E-state index contributed by atoms with van der Waals surface area (Å²) in [5.41, 5.74) is 2.26. The minimum Gasteiger partial charge on any atom is -0.494 e. The molecule has 11 nitrogen and oxygen atoms in total. The van der Waals surface area contributed by atoms with Gasteiger partial charge in [0.1, 0.15) is 17.9 Å². The van der Waals surface area contributed by atoms with E-state index in [1.165, 1.54) is 18.5 Å². The minimum atomic E-state index is -1.23. The highest BCUT2D eigenvalue weighted by Crippen LogP contribution is 2.44. The number of hydrogen-bond donors (Lipinski definition) is 4. The second kappa shape index (κ2) is 12.7. The lowest BCUT2D eigenvalue weighted by atomic mass is 9.93. The van der Waals surface area contributed by atoms with Gasteiger partial charge in [-0.15, -0.1) is 0 Å². The smallest absolute Gasteiger partial charge is 0.247 e. The molecular formula is C32H41FN8O3. The maximum absolute atomic E-state index is 15.0. The van der Waals surface area contributed by atoms with Crippen molar-refractivity contribution in [2.45, 2.75) is 57.1 Å². The van der Waals surface area contributed by atoms with Gasteiger partial charge in [0.25, 0.3) is 0 Å². The molecule has 1 aliphatic heterocycles. The van der Waals surface area contributed by atoms with Crippen LogP contribution in [0.4, 0.5) is 39.0 Å². The molecule has 1 aliphatic carbocycles. The molecule has 12 heteroatoms. The summed E-state index contributed by atoms with van der Waals surface area (Å²) in [6, 6.07) is 7.08. The lowest BCUT2D eigenvalue weighted by Gasteiger charge is -2.31. The van der Waals surface area contributed by atoms with E-state index in [-0.39, 0.29) is 35.6 Å². The SMILES string of the molecule is C=CC(=O)Nc1cc(Nc2ncnc(Nc3cc(F)c(C4CC4)cc3C(C)(C)O)n2)c(OC)cc1N1CCC[C@@H]1CN(C)C. The van der Waals surface area contributed by atoms with Crippen LogP contribution in [-0.4, -0.2) is 71.2 Å². The lowest BCUT2D eigenvalue weighted by molar-refractivity contribution is -0.111. The van der Waals surface area contributed by atoms with Crippen molar-refractivity contribution in [1.29, 1.82) is 0 Å². The van der Waals surface area contributed by atoms with E-state index >= 15 is 4.39 Å². The van der Waals surface area contributed by atoms with E-state index in [2.05, 4.69) is 47.3 Å². The van der Waals surface area contributed by atoms with Gasteiger partial charge in [0.2, 0.25) is 17.8 Å². The molecule has 4 N–H and O–H groups in total. The zero-order valence-corrected chi connectivity index (χ0v) is 25.9. The van der Waals surface area contributed by atoms with E-state index in [9.17, 15) is 9.90 Å². The Labute approximate surface area is 257 Å². The molecule has 2 fully saturated rings. The second-order valence-corrected chi connectivity index (χ2v) is 12.1. The summed E-state index contributed by atoms with van der Waals surface area (Å²) in [7, 11) is 5.67. The van der Waals surface area contributed by atoms with Crippen LogP contribution in [-0.2, 0) is 10.4 Å². The molecule has 2 aliphatic rings. The van der Waals surface area contributed by atoms with E-state index < -0.39 is 5.60 Å². The number of aromatic nitrogens is 3. The average Bonchev–Trinajstić information content (AvgIpc) is 3.71. The fraction of sp³-hybridized carbons (Fsp3) is 0.438. The average molecular weight is 605 g/mol. The van der Waals surface area contributed by atoms with Crippen molar-refractivity contribution in [3.63, 3.8) is 0 Å². The van der Waals surface area contributed by atoms with E-state index in [0.29, 0.717) is 33.9 Å². The van der Waals surface area contributed by atoms with E-state index in [1.807, 2.05) is 20.2 Å². The second-order valence-electron chi connectivity index (χ2n) is 12.1. The number of nitrogens with one attached hydrogen (secondary N) is 3. The molecule has 1 atom stereocenters. The lowest BCUT2D eigenvalue weighted by Crippen LogP contribution is -2.38. The van der Waals surface area contributed by atoms with Crippen LogP contribution in [0.5, 0.6) is 5.75 Å². The predicted molar refractivity (Wildman–Crippen MR) is 171 cm³/mol. The van der Waals surface area contributed by atoms with Crippen LogP contribution < -0.4 is 25.6 Å². The summed E-state index contributed by atoms with van der Waals surface area (Å²) in [5.74, 6) is 0.404. The summed E-state index contributed by atoms with van der Waals surface area (Å²) >= 11 is 0. The number of nitrogens with zero attached hydrogens (tertiary/aromatic N) is 5. The van der Waals surface area contributed by atoms with E-state index in [1.54, 1.807) is 33.1 Å². The topological polar surface area (TPSA) is 128 Å². The molecule has 2 aromatic carbocycles. The normalized spacial score (nSPS) is 16.6. The Morgan fingerprint density at radius 3 is 2.45 bits per heavy atom. The molecule has 2 heterocycles. The van der Waals surface area contributed by atoms with Gasteiger partial charge in [0.15, 0.2) is 0 Å². The molecule has 1 saturated heterocycles. The molecule has 1 amide bonds. The third kappa shape index (κ3) is 7.08. The van der Waals surface area contributed by atoms with Crippen molar-refractivity contribution in [1.82, 2.24) is 19.9 Å². The first-order chi connectivity index (χ1) is 21.0. The Balaban J connectivity index is 1.46. The Hall–Kier alpha value is -4.29. The number of ether oxygens (including phenoxy) is 1. The van der Waals surface area contributed by atoms with Crippen molar-refractivity contribution in [3.05, 3.63) is 60.2 Å². The number of anilines is 6. The quantitative estimate of drug-likeness (QED) is 0.203. The van der Waals surface area contributed by atoms with Crippen LogP contribution in [0.1, 0.15) is 56.6 Å². The first-order valence-corrected chi connectivity index (χ1v) is 14.8. The number of benzene rings is 2. The standard InChI is InChI=1S/C32H41FN8O3/c1-7-29(42)36-25-15-26(28(44-6)16-27(25)41-12-8-9-20(41)17-40(4)5)38-31-35-18-34-30(39-31)37-24-14-23(33)21(19-10-11-19)13-22(24)32(2,3)43/h7,13-16,18-20,43H,1,8-12,17H2,2-6H3,(H,36,42)(H2,34,35,37,38,39)/t20-/m1/s1. The molecule has 0 radical (unpaired) electrons. The number of rotatable bonds is 12. The number of carbonyl (C=O) groups excluding carboxylic acids is 1. The summed E-state index contributed by atoms with van der Waals surface area (Å²) in [6.45, 7) is 8.65. The molecule has 1 aromatic heterocycles. The highest BCUT2D eigenvalue weighted by molar-refractivity contribution is 6.02. The number of amides is 1.